The number of hydrogen-bond donors (Lipinski definition) is 2. The lowest BCUT2D eigenvalue weighted by molar-refractivity contribution is 0.0870. The van der Waals surface area contributed by atoms with Crippen molar-refractivity contribution in [2.75, 3.05) is 5.73 Å². The lowest BCUT2D eigenvalue weighted by Gasteiger charge is -2.10. The quantitative estimate of drug-likeness (QED) is 0.760. The molecule has 124 valence electrons. The lowest BCUT2D eigenvalue weighted by Crippen LogP contribution is -2.23. The molecule has 8 nitrogen and oxygen atoms in total. The Morgan fingerprint density at radius 1 is 1.42 bits per heavy atom. The number of H-pyrrole nitrogens is 1. The van der Waals surface area contributed by atoms with Crippen LogP contribution in [0.5, 0.6) is 0 Å². The molecule has 4 rings (SSSR count). The number of nitrogen functional groups attached to an aromatic ring is 1. The number of aromatic nitrogens is 5. The van der Waals surface area contributed by atoms with Gasteiger partial charge in [0.15, 0.2) is 5.65 Å². The largest absolute Gasteiger partial charge is 0.394 e. The zero-order chi connectivity index (χ0) is 17.0. The Kier molecular flexibility index (Phi) is 3.09. The zero-order valence-corrected chi connectivity index (χ0v) is 13.5. The Labute approximate surface area is 137 Å². The van der Waals surface area contributed by atoms with Gasteiger partial charge in [-0.2, -0.15) is 9.61 Å². The van der Waals surface area contributed by atoms with Gasteiger partial charge >= 0.3 is 0 Å². The van der Waals surface area contributed by atoms with Crippen molar-refractivity contribution in [3.8, 4) is 11.4 Å². The molecule has 24 heavy (non-hydrogen) atoms. The summed E-state index contributed by atoms with van der Waals surface area (Å²) in [6.07, 6.45) is 4.99. The fourth-order valence-corrected chi connectivity index (χ4v) is 2.85. The van der Waals surface area contributed by atoms with Crippen LogP contribution >= 0.6 is 0 Å². The number of nitrogens with one attached hydrogen (secondary N) is 1. The van der Waals surface area contributed by atoms with Crippen molar-refractivity contribution in [2.24, 2.45) is 5.92 Å². The summed E-state index contributed by atoms with van der Waals surface area (Å²) < 4.78 is 2.68. The summed E-state index contributed by atoms with van der Waals surface area (Å²) in [5.41, 5.74) is 7.96. The molecule has 3 N–H and O–H groups in total. The maximum Gasteiger partial charge on any atom is 0.276 e. The second kappa shape index (κ2) is 5.05. The van der Waals surface area contributed by atoms with Crippen LogP contribution in [0.15, 0.2) is 23.3 Å². The summed E-state index contributed by atoms with van der Waals surface area (Å²) in [5.74, 6) is 0.0146. The van der Waals surface area contributed by atoms with Crippen LogP contribution in [0, 0.1) is 5.92 Å². The highest BCUT2D eigenvalue weighted by molar-refractivity contribution is 5.83. The minimum atomic E-state index is -0.204. The fourth-order valence-electron chi connectivity index (χ4n) is 2.85. The van der Waals surface area contributed by atoms with Crippen LogP contribution < -0.4 is 11.3 Å². The van der Waals surface area contributed by atoms with E-state index < -0.39 is 0 Å². The van der Waals surface area contributed by atoms with E-state index in [1.165, 1.54) is 15.4 Å². The maximum atomic E-state index is 12.8. The number of fused-ring (bicyclic) bond motifs is 1. The van der Waals surface area contributed by atoms with Gasteiger partial charge in [0.25, 0.3) is 5.56 Å². The van der Waals surface area contributed by atoms with Gasteiger partial charge in [-0.25, -0.2) is 9.67 Å². The molecule has 0 unspecified atom stereocenters. The number of carbonyl (C=O) groups is 1. The van der Waals surface area contributed by atoms with Gasteiger partial charge in [-0.05, 0) is 24.8 Å². The summed E-state index contributed by atoms with van der Waals surface area (Å²) in [6, 6.07) is 1.72. The van der Waals surface area contributed by atoms with Crippen molar-refractivity contribution in [1.82, 2.24) is 24.4 Å². The summed E-state index contributed by atoms with van der Waals surface area (Å²) >= 11 is 0. The molecule has 0 spiro atoms. The molecule has 3 heterocycles. The van der Waals surface area contributed by atoms with Gasteiger partial charge in [0.1, 0.15) is 11.4 Å². The second-order valence-corrected chi connectivity index (χ2v) is 6.48. The summed E-state index contributed by atoms with van der Waals surface area (Å²) in [4.78, 5) is 29.5. The number of aromatic amines is 1. The van der Waals surface area contributed by atoms with Crippen LogP contribution in [-0.2, 0) is 0 Å². The molecule has 0 aliphatic heterocycles. The van der Waals surface area contributed by atoms with Gasteiger partial charge in [-0.15, -0.1) is 0 Å². The summed E-state index contributed by atoms with van der Waals surface area (Å²) in [6.45, 7) is 3.85. The van der Waals surface area contributed by atoms with Gasteiger partial charge < -0.3 is 5.73 Å². The predicted molar refractivity (Wildman–Crippen MR) is 88.9 cm³/mol. The average molecular weight is 326 g/mol. The SMILES string of the molecule is CC(C)c1c(-c2ccn(C(=O)C3CC3)n2)nc2c(N)c[nH]n2c1=O. The monoisotopic (exact) mass is 326 g/mol. The number of rotatable bonds is 3. The topological polar surface area (TPSA) is 111 Å². The fraction of sp³-hybridized carbons (Fsp3) is 0.375. The van der Waals surface area contributed by atoms with Crippen LogP contribution in [0.3, 0.4) is 0 Å². The molecule has 1 aliphatic carbocycles. The number of hydrogen-bond acceptors (Lipinski definition) is 5. The molecule has 3 aromatic rings. The molecule has 0 saturated heterocycles. The Morgan fingerprint density at radius 2 is 2.17 bits per heavy atom. The van der Waals surface area contributed by atoms with Crippen LogP contribution in [0.2, 0.25) is 0 Å². The zero-order valence-electron chi connectivity index (χ0n) is 13.5. The van der Waals surface area contributed by atoms with Gasteiger partial charge in [0.2, 0.25) is 5.91 Å². The molecule has 0 bridgehead atoms. The standard InChI is InChI=1S/C16H18N6O2/c1-8(2)12-13(19-14-10(17)7-18-22(14)16(12)24)11-5-6-21(20-11)15(23)9-3-4-9/h5-9,18H,3-4,17H2,1-2H3. The number of anilines is 1. The molecule has 1 aliphatic rings. The van der Waals surface area contributed by atoms with E-state index in [0.29, 0.717) is 28.3 Å². The average Bonchev–Trinajstić information content (AvgIpc) is 3.16. The molecule has 1 saturated carbocycles. The van der Waals surface area contributed by atoms with E-state index in [-0.39, 0.29) is 23.3 Å². The first-order chi connectivity index (χ1) is 11.5. The molecular formula is C16H18N6O2. The third-order valence-electron chi connectivity index (χ3n) is 4.29. The van der Waals surface area contributed by atoms with Crippen LogP contribution in [0.25, 0.3) is 17.0 Å². The second-order valence-electron chi connectivity index (χ2n) is 6.48. The van der Waals surface area contributed by atoms with Gasteiger partial charge in [-0.1, -0.05) is 13.8 Å². The molecular weight excluding hydrogens is 308 g/mol. The highest BCUT2D eigenvalue weighted by Crippen LogP contribution is 2.31. The molecule has 1 fully saturated rings. The lowest BCUT2D eigenvalue weighted by atomic mass is 10.0. The predicted octanol–water partition coefficient (Wildman–Crippen LogP) is 1.64. The summed E-state index contributed by atoms with van der Waals surface area (Å²) in [7, 11) is 0. The molecule has 3 aromatic heterocycles. The van der Waals surface area contributed by atoms with E-state index in [1.54, 1.807) is 12.3 Å². The number of nitrogens with two attached hydrogens (primary N) is 1. The van der Waals surface area contributed by atoms with Crippen LogP contribution in [0.1, 0.15) is 43.0 Å². The van der Waals surface area contributed by atoms with Gasteiger partial charge in [0, 0.05) is 23.9 Å². The highest BCUT2D eigenvalue weighted by Gasteiger charge is 2.31. The third-order valence-corrected chi connectivity index (χ3v) is 4.29. The number of carbonyl (C=O) groups excluding carboxylic acids is 1. The molecule has 0 radical (unpaired) electrons. The Balaban J connectivity index is 1.91. The van der Waals surface area contributed by atoms with Crippen molar-refractivity contribution in [2.45, 2.75) is 32.6 Å². The van der Waals surface area contributed by atoms with E-state index in [2.05, 4.69) is 15.2 Å². The van der Waals surface area contributed by atoms with E-state index >= 15 is 0 Å². The van der Waals surface area contributed by atoms with Gasteiger partial charge in [0.05, 0.1) is 5.69 Å². The molecule has 0 aromatic carbocycles. The normalized spacial score (nSPS) is 14.6. The van der Waals surface area contributed by atoms with E-state index in [1.807, 2.05) is 13.8 Å². The first-order valence-corrected chi connectivity index (χ1v) is 7.97. The summed E-state index contributed by atoms with van der Waals surface area (Å²) in [5, 5.41) is 7.17. The van der Waals surface area contributed by atoms with Crippen molar-refractivity contribution in [3.05, 3.63) is 34.4 Å². The van der Waals surface area contributed by atoms with Crippen molar-refractivity contribution in [3.63, 3.8) is 0 Å². The first kappa shape index (κ1) is 14.7. The van der Waals surface area contributed by atoms with E-state index in [0.717, 1.165) is 12.8 Å². The Bertz CT molecular complexity index is 1010. The van der Waals surface area contributed by atoms with Crippen LogP contribution in [-0.4, -0.2) is 30.3 Å². The smallest absolute Gasteiger partial charge is 0.276 e. The van der Waals surface area contributed by atoms with Crippen molar-refractivity contribution >= 4 is 17.2 Å². The molecule has 0 amide bonds. The molecule has 0 atom stereocenters. The Hall–Kier alpha value is -2.90. The van der Waals surface area contributed by atoms with Crippen molar-refractivity contribution < 1.29 is 4.79 Å². The highest BCUT2D eigenvalue weighted by atomic mass is 16.2. The third kappa shape index (κ3) is 2.14. The Morgan fingerprint density at radius 3 is 2.83 bits per heavy atom. The molecule has 8 heteroatoms. The maximum absolute atomic E-state index is 12.8. The minimum Gasteiger partial charge on any atom is -0.394 e. The van der Waals surface area contributed by atoms with Gasteiger partial charge in [-0.3, -0.25) is 14.7 Å². The van der Waals surface area contributed by atoms with E-state index in [9.17, 15) is 9.59 Å². The van der Waals surface area contributed by atoms with Crippen molar-refractivity contribution in [1.29, 1.82) is 0 Å². The van der Waals surface area contributed by atoms with E-state index in [4.69, 9.17) is 5.73 Å². The minimum absolute atomic E-state index is 0.00805. The first-order valence-electron chi connectivity index (χ1n) is 7.97. The number of nitrogens with zero attached hydrogens (tertiary/aromatic N) is 4. The van der Waals surface area contributed by atoms with Crippen LogP contribution in [0.4, 0.5) is 5.69 Å².